The summed E-state index contributed by atoms with van der Waals surface area (Å²) in [6, 6.07) is 8.57. The predicted molar refractivity (Wildman–Crippen MR) is 79.9 cm³/mol. The molecular weight excluding hydrogens is 232 g/mol. The smallest absolute Gasteiger partial charge is 0.0835 e. The molecule has 0 saturated carbocycles. The number of fused-ring (bicyclic) bond motifs is 1. The third-order valence-corrected chi connectivity index (χ3v) is 3.98. The maximum atomic E-state index is 5.46. The van der Waals surface area contributed by atoms with E-state index < -0.39 is 0 Å². The van der Waals surface area contributed by atoms with Gasteiger partial charge < -0.3 is 4.57 Å². The quantitative estimate of drug-likeness (QED) is 0.761. The Morgan fingerprint density at radius 3 is 2.68 bits per heavy atom. The number of terminal acetylenes is 1. The molecule has 19 heavy (non-hydrogen) atoms. The molecule has 2 heterocycles. The Hall–Kier alpha value is -1.72. The van der Waals surface area contributed by atoms with Crippen LogP contribution < -0.4 is 0 Å². The lowest BCUT2D eigenvalue weighted by atomic mass is 10.1. The molecule has 0 unspecified atom stereocenters. The first-order chi connectivity index (χ1) is 9.38. The maximum absolute atomic E-state index is 5.46. The third-order valence-electron chi connectivity index (χ3n) is 3.98. The maximum Gasteiger partial charge on any atom is 0.0835 e. The second kappa shape index (κ2) is 5.50. The van der Waals surface area contributed by atoms with Gasteiger partial charge in [-0.1, -0.05) is 30.5 Å². The van der Waals surface area contributed by atoms with Crippen molar-refractivity contribution in [3.63, 3.8) is 0 Å². The fourth-order valence-electron chi connectivity index (χ4n) is 3.04. The van der Waals surface area contributed by atoms with E-state index in [1.807, 2.05) is 0 Å². The highest BCUT2D eigenvalue weighted by Gasteiger charge is 2.14. The number of likely N-dealkylation sites (tertiary alicyclic amines) is 1. The van der Waals surface area contributed by atoms with Crippen molar-refractivity contribution in [1.82, 2.24) is 9.47 Å². The van der Waals surface area contributed by atoms with Gasteiger partial charge in [-0.05, 0) is 37.6 Å². The number of piperidine rings is 1. The van der Waals surface area contributed by atoms with Crippen molar-refractivity contribution in [3.05, 3.63) is 36.0 Å². The van der Waals surface area contributed by atoms with Gasteiger partial charge in [0, 0.05) is 23.6 Å². The van der Waals surface area contributed by atoms with Gasteiger partial charge in [0.05, 0.1) is 6.54 Å². The molecule has 0 bridgehead atoms. The molecule has 1 fully saturated rings. The summed E-state index contributed by atoms with van der Waals surface area (Å²) < 4.78 is 2.19. The second-order valence-electron chi connectivity index (χ2n) is 5.34. The minimum atomic E-state index is 0.653. The largest absolute Gasteiger partial charge is 0.336 e. The van der Waals surface area contributed by atoms with E-state index in [-0.39, 0.29) is 0 Å². The van der Waals surface area contributed by atoms with Crippen molar-refractivity contribution in [2.24, 2.45) is 0 Å². The fraction of sp³-hybridized carbons (Fsp3) is 0.412. The summed E-state index contributed by atoms with van der Waals surface area (Å²) in [7, 11) is 0. The topological polar surface area (TPSA) is 8.17 Å². The van der Waals surface area contributed by atoms with Gasteiger partial charge in [-0.2, -0.15) is 0 Å². The molecule has 98 valence electrons. The lowest BCUT2D eigenvalue weighted by Crippen LogP contribution is -2.28. The van der Waals surface area contributed by atoms with Gasteiger partial charge in [0.1, 0.15) is 0 Å². The summed E-state index contributed by atoms with van der Waals surface area (Å²) in [4.78, 5) is 2.56. The first kappa shape index (κ1) is 12.3. The van der Waals surface area contributed by atoms with Gasteiger partial charge in [0.2, 0.25) is 0 Å². The van der Waals surface area contributed by atoms with Crippen LogP contribution in [0.2, 0.25) is 0 Å². The van der Waals surface area contributed by atoms with E-state index in [1.165, 1.54) is 48.8 Å². The van der Waals surface area contributed by atoms with Crippen LogP contribution in [0.1, 0.15) is 24.8 Å². The van der Waals surface area contributed by atoms with E-state index in [9.17, 15) is 0 Å². The van der Waals surface area contributed by atoms with Gasteiger partial charge in [0.25, 0.3) is 0 Å². The molecule has 2 heteroatoms. The Balaban J connectivity index is 1.92. The Bertz CT molecular complexity index is 597. The number of aromatic nitrogens is 1. The molecule has 0 spiro atoms. The van der Waals surface area contributed by atoms with Crippen molar-refractivity contribution in [3.8, 4) is 12.3 Å². The normalized spacial score (nSPS) is 16.6. The van der Waals surface area contributed by atoms with Crippen LogP contribution in [0, 0.1) is 12.3 Å². The number of nitrogens with zero attached hydrogens (tertiary/aromatic N) is 2. The molecule has 2 nitrogen and oxygen atoms in total. The molecule has 0 atom stereocenters. The highest BCUT2D eigenvalue weighted by Crippen LogP contribution is 2.23. The van der Waals surface area contributed by atoms with Crippen LogP contribution in [-0.2, 0) is 13.1 Å². The molecule has 0 radical (unpaired) electrons. The van der Waals surface area contributed by atoms with Crippen LogP contribution in [-0.4, -0.2) is 22.6 Å². The molecule has 1 aliphatic heterocycles. The Morgan fingerprint density at radius 1 is 1.11 bits per heavy atom. The summed E-state index contributed by atoms with van der Waals surface area (Å²) in [5.41, 5.74) is 2.67. The van der Waals surface area contributed by atoms with Crippen molar-refractivity contribution >= 4 is 10.9 Å². The summed E-state index contributed by atoms with van der Waals surface area (Å²) >= 11 is 0. The lowest BCUT2D eigenvalue weighted by Gasteiger charge is -2.26. The van der Waals surface area contributed by atoms with E-state index in [4.69, 9.17) is 6.42 Å². The van der Waals surface area contributed by atoms with Crippen molar-refractivity contribution in [2.75, 3.05) is 13.1 Å². The third kappa shape index (κ3) is 2.52. The van der Waals surface area contributed by atoms with Crippen molar-refractivity contribution < 1.29 is 0 Å². The summed E-state index contributed by atoms with van der Waals surface area (Å²) in [6.07, 6.45) is 11.8. The Labute approximate surface area is 115 Å². The van der Waals surface area contributed by atoms with Crippen LogP contribution in [0.4, 0.5) is 0 Å². The molecule has 0 aliphatic carbocycles. The van der Waals surface area contributed by atoms with Crippen LogP contribution in [0.3, 0.4) is 0 Å². The zero-order valence-electron chi connectivity index (χ0n) is 11.3. The molecule has 1 aromatic heterocycles. The van der Waals surface area contributed by atoms with E-state index >= 15 is 0 Å². The highest BCUT2D eigenvalue weighted by molar-refractivity contribution is 5.84. The minimum absolute atomic E-state index is 0.653. The second-order valence-corrected chi connectivity index (χ2v) is 5.34. The highest BCUT2D eigenvalue weighted by atomic mass is 15.1. The summed E-state index contributed by atoms with van der Waals surface area (Å²) in [6.45, 7) is 4.17. The predicted octanol–water partition coefficient (Wildman–Crippen LogP) is 3.26. The number of para-hydroxylation sites is 1. The minimum Gasteiger partial charge on any atom is -0.336 e. The van der Waals surface area contributed by atoms with E-state index in [1.54, 1.807) is 0 Å². The average molecular weight is 252 g/mol. The van der Waals surface area contributed by atoms with Gasteiger partial charge in [-0.15, -0.1) is 6.42 Å². The van der Waals surface area contributed by atoms with Gasteiger partial charge in [-0.25, -0.2) is 0 Å². The molecule has 1 aliphatic rings. The molecule has 0 N–H and O–H groups in total. The Morgan fingerprint density at radius 2 is 1.89 bits per heavy atom. The van der Waals surface area contributed by atoms with E-state index in [0.717, 1.165) is 6.54 Å². The van der Waals surface area contributed by atoms with Crippen molar-refractivity contribution in [2.45, 2.75) is 32.4 Å². The molecule has 2 aromatic rings. The molecular formula is C17H20N2. The Kier molecular flexibility index (Phi) is 3.57. The van der Waals surface area contributed by atoms with Crippen LogP contribution in [0.5, 0.6) is 0 Å². The van der Waals surface area contributed by atoms with E-state index in [2.05, 4.69) is 45.8 Å². The van der Waals surface area contributed by atoms with Gasteiger partial charge in [0.15, 0.2) is 0 Å². The summed E-state index contributed by atoms with van der Waals surface area (Å²) in [5.74, 6) is 2.74. The van der Waals surface area contributed by atoms with Crippen LogP contribution in [0.15, 0.2) is 30.5 Å². The number of hydrogen-bond acceptors (Lipinski definition) is 1. The zero-order chi connectivity index (χ0) is 13.1. The average Bonchev–Trinajstić information content (AvgIpc) is 2.79. The molecule has 1 saturated heterocycles. The SMILES string of the molecule is C#CCn1cc(CN2CCCCC2)c2ccccc21. The monoisotopic (exact) mass is 252 g/mol. The summed E-state index contributed by atoms with van der Waals surface area (Å²) in [5, 5.41) is 1.35. The fourth-order valence-corrected chi connectivity index (χ4v) is 3.04. The number of rotatable bonds is 3. The number of benzene rings is 1. The van der Waals surface area contributed by atoms with Crippen molar-refractivity contribution in [1.29, 1.82) is 0 Å². The standard InChI is InChI=1S/C17H20N2/c1-2-10-19-14-15(13-18-11-6-3-7-12-18)16-8-4-5-9-17(16)19/h1,4-5,8-9,14H,3,6-7,10-13H2. The zero-order valence-corrected chi connectivity index (χ0v) is 11.3. The molecule has 0 amide bonds. The van der Waals surface area contributed by atoms with Gasteiger partial charge >= 0.3 is 0 Å². The lowest BCUT2D eigenvalue weighted by molar-refractivity contribution is 0.221. The molecule has 3 rings (SSSR count). The number of hydrogen-bond donors (Lipinski definition) is 0. The first-order valence-corrected chi connectivity index (χ1v) is 7.11. The van der Waals surface area contributed by atoms with Crippen LogP contribution >= 0.6 is 0 Å². The van der Waals surface area contributed by atoms with Crippen LogP contribution in [0.25, 0.3) is 10.9 Å². The first-order valence-electron chi connectivity index (χ1n) is 7.11. The van der Waals surface area contributed by atoms with Gasteiger partial charge in [-0.3, -0.25) is 4.90 Å². The van der Waals surface area contributed by atoms with E-state index in [0.29, 0.717) is 6.54 Å². The molecule has 1 aromatic carbocycles.